The number of allylic oxidation sites excluding steroid dienone is 1. The van der Waals surface area contributed by atoms with Crippen LogP contribution in [-0.2, 0) is 15.1 Å². The van der Waals surface area contributed by atoms with Crippen LogP contribution in [0, 0.1) is 11.8 Å². The maximum atomic E-state index is 12.9. The second-order valence-corrected chi connectivity index (χ2v) is 7.09. The van der Waals surface area contributed by atoms with Crippen molar-refractivity contribution in [1.29, 1.82) is 0 Å². The molecule has 3 rings (SSSR count). The van der Waals surface area contributed by atoms with Gasteiger partial charge in [-0.05, 0) is 51.1 Å². The Morgan fingerprint density at radius 1 is 1.28 bits per heavy atom. The number of rotatable bonds is 3. The molecule has 25 heavy (non-hydrogen) atoms. The third-order valence-corrected chi connectivity index (χ3v) is 5.31. The number of esters is 1. The topological polar surface area (TPSA) is 49.8 Å². The lowest BCUT2D eigenvalue weighted by Crippen LogP contribution is -2.49. The number of ether oxygens (including phenoxy) is 1. The van der Waals surface area contributed by atoms with E-state index in [0.717, 1.165) is 25.7 Å². The normalized spacial score (nSPS) is 27.7. The monoisotopic (exact) mass is 339 g/mol. The smallest absolute Gasteiger partial charge is 0.356 e. The van der Waals surface area contributed by atoms with E-state index in [1.165, 1.54) is 0 Å². The Labute approximate surface area is 149 Å². The Morgan fingerprint density at radius 3 is 2.64 bits per heavy atom. The van der Waals surface area contributed by atoms with Crippen LogP contribution in [-0.4, -0.2) is 41.2 Å². The van der Waals surface area contributed by atoms with E-state index < -0.39 is 11.6 Å². The third-order valence-electron chi connectivity index (χ3n) is 5.31. The largest absolute Gasteiger partial charge is 0.458 e. The van der Waals surface area contributed by atoms with Crippen molar-refractivity contribution in [3.8, 4) is 11.8 Å². The molecule has 2 aliphatic rings. The molecule has 1 aromatic carbocycles. The number of carbonyl (C=O) groups excluding carboxylic acids is 1. The number of nitrogens with zero attached hydrogens (tertiary/aromatic N) is 1. The maximum Gasteiger partial charge on any atom is 0.356 e. The molecule has 4 atom stereocenters. The summed E-state index contributed by atoms with van der Waals surface area (Å²) in [4.78, 5) is 15.2. The van der Waals surface area contributed by atoms with Crippen molar-refractivity contribution < 1.29 is 14.6 Å². The van der Waals surface area contributed by atoms with Crippen LogP contribution in [0.5, 0.6) is 0 Å². The zero-order chi connectivity index (χ0) is 18.0. The minimum absolute atomic E-state index is 0.196. The highest BCUT2D eigenvalue weighted by atomic mass is 16.6. The van der Waals surface area contributed by atoms with Crippen molar-refractivity contribution in [3.63, 3.8) is 0 Å². The van der Waals surface area contributed by atoms with E-state index in [9.17, 15) is 9.90 Å². The fraction of sp³-hybridized carbons (Fsp3) is 0.476. The Bertz CT molecular complexity index is 718. The van der Waals surface area contributed by atoms with Gasteiger partial charge in [-0.2, -0.15) is 0 Å². The van der Waals surface area contributed by atoms with Crippen LogP contribution in [0.15, 0.2) is 42.5 Å². The number of hydrogen-bond donors (Lipinski definition) is 1. The minimum atomic E-state index is -1.98. The van der Waals surface area contributed by atoms with Gasteiger partial charge in [0.1, 0.15) is 6.10 Å². The minimum Gasteiger partial charge on any atom is -0.458 e. The average molecular weight is 339 g/mol. The van der Waals surface area contributed by atoms with Gasteiger partial charge in [-0.15, -0.1) is 0 Å². The lowest BCUT2D eigenvalue weighted by molar-refractivity contribution is -0.171. The summed E-state index contributed by atoms with van der Waals surface area (Å²) in [6, 6.07) is 9.57. The molecule has 0 amide bonds. The fourth-order valence-electron chi connectivity index (χ4n) is 3.86. The van der Waals surface area contributed by atoms with Crippen molar-refractivity contribution in [1.82, 2.24) is 4.90 Å². The molecule has 132 valence electrons. The summed E-state index contributed by atoms with van der Waals surface area (Å²) in [5.74, 6) is 4.71. The zero-order valence-electron chi connectivity index (χ0n) is 14.9. The van der Waals surface area contributed by atoms with Gasteiger partial charge >= 0.3 is 5.97 Å². The highest BCUT2D eigenvalue weighted by Crippen LogP contribution is 2.36. The number of hydrogen-bond acceptors (Lipinski definition) is 4. The SMILES string of the molecule is C=C(C)C#C[C@@](O)(C(=O)O[C@@H]1CCC2CCC1N2C)c1ccccc1. The van der Waals surface area contributed by atoms with Gasteiger partial charge in [0.15, 0.2) is 0 Å². The Morgan fingerprint density at radius 2 is 1.96 bits per heavy atom. The molecule has 0 radical (unpaired) electrons. The molecule has 2 heterocycles. The van der Waals surface area contributed by atoms with E-state index in [4.69, 9.17) is 4.74 Å². The van der Waals surface area contributed by atoms with Crippen molar-refractivity contribution >= 4 is 5.97 Å². The van der Waals surface area contributed by atoms with E-state index in [-0.39, 0.29) is 12.1 Å². The van der Waals surface area contributed by atoms with Crippen molar-refractivity contribution in [2.45, 2.75) is 56.4 Å². The van der Waals surface area contributed by atoms with Gasteiger partial charge in [0.25, 0.3) is 5.60 Å². The van der Waals surface area contributed by atoms with E-state index in [2.05, 4.69) is 30.4 Å². The summed E-state index contributed by atoms with van der Waals surface area (Å²) >= 11 is 0. The first-order chi connectivity index (χ1) is 11.9. The molecule has 2 fully saturated rings. The summed E-state index contributed by atoms with van der Waals surface area (Å²) < 4.78 is 5.78. The van der Waals surface area contributed by atoms with Gasteiger partial charge in [0.05, 0.1) is 0 Å². The van der Waals surface area contributed by atoms with Crippen LogP contribution in [0.1, 0.15) is 38.2 Å². The van der Waals surface area contributed by atoms with Gasteiger partial charge in [-0.25, -0.2) is 4.79 Å². The van der Waals surface area contributed by atoms with Crippen molar-refractivity contribution in [3.05, 3.63) is 48.0 Å². The van der Waals surface area contributed by atoms with Crippen LogP contribution in [0.25, 0.3) is 0 Å². The Hall–Kier alpha value is -2.09. The summed E-state index contributed by atoms with van der Waals surface area (Å²) in [5, 5.41) is 11.1. The lowest BCUT2D eigenvalue weighted by Gasteiger charge is -2.37. The fourth-order valence-corrected chi connectivity index (χ4v) is 3.86. The standard InChI is InChI=1S/C21H25NO3/c1-15(2)13-14-21(24,16-7-5-4-6-8-16)20(23)25-19-12-10-17-9-11-18(19)22(17)3/h4-8,17-19,24H,1,9-12H2,2-3H3/t17?,18?,19-,21+/m1/s1. The van der Waals surface area contributed by atoms with Crippen LogP contribution in [0.3, 0.4) is 0 Å². The van der Waals surface area contributed by atoms with Gasteiger partial charge in [0.2, 0.25) is 0 Å². The van der Waals surface area contributed by atoms with Gasteiger partial charge in [-0.1, -0.05) is 42.8 Å². The number of carbonyl (C=O) groups is 1. The van der Waals surface area contributed by atoms with E-state index in [0.29, 0.717) is 17.2 Å². The van der Waals surface area contributed by atoms with Crippen LogP contribution < -0.4 is 0 Å². The van der Waals surface area contributed by atoms with E-state index in [1.54, 1.807) is 31.2 Å². The number of likely N-dealkylation sites (N-methyl/N-ethyl adjacent to an activating group) is 1. The lowest BCUT2D eigenvalue weighted by atomic mass is 9.93. The Kier molecular flexibility index (Phi) is 4.99. The summed E-state index contributed by atoms with van der Waals surface area (Å²) in [6.07, 6.45) is 3.84. The molecular weight excluding hydrogens is 314 g/mol. The molecule has 4 nitrogen and oxygen atoms in total. The summed E-state index contributed by atoms with van der Waals surface area (Å²) in [6.45, 7) is 5.46. The van der Waals surface area contributed by atoms with Crippen LogP contribution in [0.2, 0.25) is 0 Å². The second kappa shape index (κ2) is 7.03. The molecule has 0 aliphatic carbocycles. The maximum absolute atomic E-state index is 12.9. The zero-order valence-corrected chi connectivity index (χ0v) is 14.9. The first-order valence-corrected chi connectivity index (χ1v) is 8.81. The number of benzene rings is 1. The van der Waals surface area contributed by atoms with Gasteiger partial charge in [-0.3, -0.25) is 4.90 Å². The number of aliphatic hydroxyl groups is 1. The molecule has 4 heteroatoms. The molecule has 1 aromatic rings. The second-order valence-electron chi connectivity index (χ2n) is 7.09. The summed E-state index contributed by atoms with van der Waals surface area (Å²) in [7, 11) is 2.09. The molecule has 0 aromatic heterocycles. The highest BCUT2D eigenvalue weighted by molar-refractivity contribution is 5.85. The van der Waals surface area contributed by atoms with Crippen LogP contribution in [0.4, 0.5) is 0 Å². The number of piperidine rings is 1. The molecule has 2 unspecified atom stereocenters. The molecule has 2 aliphatic heterocycles. The number of fused-ring (bicyclic) bond motifs is 2. The molecule has 2 bridgehead atoms. The highest BCUT2D eigenvalue weighted by Gasteiger charge is 2.45. The average Bonchev–Trinajstić information content (AvgIpc) is 2.84. The molecule has 0 saturated carbocycles. The van der Waals surface area contributed by atoms with Crippen molar-refractivity contribution in [2.24, 2.45) is 0 Å². The molecule has 0 spiro atoms. The van der Waals surface area contributed by atoms with E-state index >= 15 is 0 Å². The first kappa shape index (κ1) is 17.7. The predicted molar refractivity (Wildman–Crippen MR) is 96.6 cm³/mol. The first-order valence-electron chi connectivity index (χ1n) is 8.81. The molecule has 2 saturated heterocycles. The quantitative estimate of drug-likeness (QED) is 0.679. The van der Waals surface area contributed by atoms with E-state index in [1.807, 2.05) is 6.07 Å². The third kappa shape index (κ3) is 3.49. The molecule has 1 N–H and O–H groups in total. The van der Waals surface area contributed by atoms with Crippen molar-refractivity contribution in [2.75, 3.05) is 7.05 Å². The summed E-state index contributed by atoms with van der Waals surface area (Å²) in [5.41, 5.74) is -0.978. The van der Waals surface area contributed by atoms with Gasteiger partial charge in [0, 0.05) is 17.6 Å². The predicted octanol–water partition coefficient (Wildman–Crippen LogP) is 2.62. The Balaban J connectivity index is 1.85. The van der Waals surface area contributed by atoms with Crippen LogP contribution >= 0.6 is 0 Å². The van der Waals surface area contributed by atoms with Gasteiger partial charge < -0.3 is 9.84 Å². The molecular formula is C21H25NO3.